The number of aryl methyl sites for hydroxylation is 1. The van der Waals surface area contributed by atoms with Gasteiger partial charge in [-0.05, 0) is 24.6 Å². The van der Waals surface area contributed by atoms with Crippen molar-refractivity contribution in [1.29, 1.82) is 0 Å². The number of hydrogen-bond donors (Lipinski definition) is 1. The number of benzene rings is 1. The Hall–Kier alpha value is -1.79. The smallest absolute Gasteiger partial charge is 0.257 e. The molecule has 1 aromatic carbocycles. The van der Waals surface area contributed by atoms with Crippen molar-refractivity contribution >= 4 is 0 Å². The molecule has 2 rings (SSSR count). The van der Waals surface area contributed by atoms with Crippen LogP contribution in [0.25, 0.3) is 11.4 Å². The largest absolute Gasteiger partial charge is 0.370 e. The van der Waals surface area contributed by atoms with E-state index in [1.807, 2.05) is 6.92 Å². The van der Waals surface area contributed by atoms with Crippen LogP contribution in [0, 0.1) is 12.7 Å². The monoisotopic (exact) mass is 251 g/mol. The number of aromatic nitrogens is 2. The van der Waals surface area contributed by atoms with Crippen molar-refractivity contribution in [3.63, 3.8) is 0 Å². The number of methoxy groups -OCH3 is 1. The minimum Gasteiger partial charge on any atom is -0.370 e. The van der Waals surface area contributed by atoms with E-state index in [0.717, 1.165) is 5.56 Å². The molecule has 96 valence electrons. The fourth-order valence-electron chi connectivity index (χ4n) is 1.61. The van der Waals surface area contributed by atoms with E-state index in [0.29, 0.717) is 17.3 Å². The molecule has 6 heteroatoms. The summed E-state index contributed by atoms with van der Waals surface area (Å²) in [5.74, 6) is 0.278. The van der Waals surface area contributed by atoms with E-state index in [1.165, 1.54) is 19.2 Å². The van der Waals surface area contributed by atoms with E-state index >= 15 is 0 Å². The normalized spacial score (nSPS) is 12.7. The zero-order chi connectivity index (χ0) is 13.1. The Morgan fingerprint density at radius 3 is 2.94 bits per heavy atom. The Kier molecular flexibility index (Phi) is 3.69. The summed E-state index contributed by atoms with van der Waals surface area (Å²) in [6.07, 6.45) is -0.444. The standard InChI is InChI=1S/C12H14FN3O2/c1-7-3-4-8(13)5-9(7)11-15-12(18-16-11)10(6-14)17-2/h3-5,10H,6,14H2,1-2H3. The SMILES string of the molecule is COC(CN)c1nc(-c2cc(F)ccc2C)no1. The number of rotatable bonds is 4. The van der Waals surface area contributed by atoms with Crippen LogP contribution >= 0.6 is 0 Å². The molecule has 1 aromatic heterocycles. The lowest BCUT2D eigenvalue weighted by Crippen LogP contribution is -2.14. The van der Waals surface area contributed by atoms with Crippen molar-refractivity contribution in [2.24, 2.45) is 5.73 Å². The number of ether oxygens (including phenoxy) is 1. The average Bonchev–Trinajstić information content (AvgIpc) is 2.83. The molecule has 0 fully saturated rings. The summed E-state index contributed by atoms with van der Waals surface area (Å²) in [5.41, 5.74) is 6.96. The second-order valence-electron chi connectivity index (χ2n) is 3.88. The van der Waals surface area contributed by atoms with Crippen LogP contribution in [0.5, 0.6) is 0 Å². The van der Waals surface area contributed by atoms with Crippen LogP contribution in [0.4, 0.5) is 4.39 Å². The van der Waals surface area contributed by atoms with Crippen LogP contribution < -0.4 is 5.73 Å². The Balaban J connectivity index is 2.37. The molecule has 0 aliphatic carbocycles. The molecule has 1 unspecified atom stereocenters. The zero-order valence-electron chi connectivity index (χ0n) is 10.2. The van der Waals surface area contributed by atoms with Gasteiger partial charge in [0, 0.05) is 19.2 Å². The molecule has 0 radical (unpaired) electrons. The third-order valence-electron chi connectivity index (χ3n) is 2.66. The van der Waals surface area contributed by atoms with Gasteiger partial charge in [-0.2, -0.15) is 4.98 Å². The van der Waals surface area contributed by atoms with Crippen molar-refractivity contribution in [3.05, 3.63) is 35.5 Å². The predicted molar refractivity (Wildman–Crippen MR) is 63.2 cm³/mol. The van der Waals surface area contributed by atoms with E-state index in [4.69, 9.17) is 15.0 Å². The highest BCUT2D eigenvalue weighted by atomic mass is 19.1. The van der Waals surface area contributed by atoms with Gasteiger partial charge in [0.05, 0.1) is 0 Å². The third kappa shape index (κ3) is 2.39. The summed E-state index contributed by atoms with van der Waals surface area (Å²) in [6.45, 7) is 2.09. The van der Waals surface area contributed by atoms with Gasteiger partial charge in [-0.15, -0.1) is 0 Å². The molecule has 1 heterocycles. The molecule has 2 aromatic rings. The highest BCUT2D eigenvalue weighted by molar-refractivity contribution is 5.59. The average molecular weight is 251 g/mol. The summed E-state index contributed by atoms with van der Waals surface area (Å²) in [4.78, 5) is 4.18. The molecular weight excluding hydrogens is 237 g/mol. The van der Waals surface area contributed by atoms with E-state index in [-0.39, 0.29) is 12.4 Å². The van der Waals surface area contributed by atoms with Gasteiger partial charge in [0.25, 0.3) is 5.89 Å². The zero-order valence-corrected chi connectivity index (χ0v) is 10.2. The Bertz CT molecular complexity index is 538. The molecule has 2 N–H and O–H groups in total. The lowest BCUT2D eigenvalue weighted by molar-refractivity contribution is 0.0804. The van der Waals surface area contributed by atoms with E-state index < -0.39 is 6.10 Å². The van der Waals surface area contributed by atoms with E-state index in [1.54, 1.807) is 6.07 Å². The summed E-state index contributed by atoms with van der Waals surface area (Å²) < 4.78 is 23.4. The summed E-state index contributed by atoms with van der Waals surface area (Å²) >= 11 is 0. The Morgan fingerprint density at radius 1 is 1.50 bits per heavy atom. The van der Waals surface area contributed by atoms with Gasteiger partial charge in [0.15, 0.2) is 0 Å². The molecule has 0 saturated heterocycles. The van der Waals surface area contributed by atoms with Crippen LogP contribution in [0.1, 0.15) is 17.6 Å². The van der Waals surface area contributed by atoms with Gasteiger partial charge < -0.3 is 15.0 Å². The fraction of sp³-hybridized carbons (Fsp3) is 0.333. The minimum atomic E-state index is -0.444. The lowest BCUT2D eigenvalue weighted by atomic mass is 10.1. The fourth-order valence-corrected chi connectivity index (χ4v) is 1.61. The molecule has 5 nitrogen and oxygen atoms in total. The first-order chi connectivity index (χ1) is 8.65. The molecule has 0 aliphatic heterocycles. The van der Waals surface area contributed by atoms with Crippen LogP contribution in [-0.2, 0) is 4.74 Å². The van der Waals surface area contributed by atoms with Gasteiger partial charge in [0.2, 0.25) is 5.82 Å². The molecule has 0 aliphatic rings. The minimum absolute atomic E-state index is 0.236. The van der Waals surface area contributed by atoms with Crippen molar-refractivity contribution in [2.75, 3.05) is 13.7 Å². The van der Waals surface area contributed by atoms with Gasteiger partial charge in [-0.3, -0.25) is 0 Å². The Morgan fingerprint density at radius 2 is 2.28 bits per heavy atom. The molecule has 0 amide bonds. The van der Waals surface area contributed by atoms with Gasteiger partial charge in [-0.25, -0.2) is 4.39 Å². The number of hydrogen-bond acceptors (Lipinski definition) is 5. The first-order valence-electron chi connectivity index (χ1n) is 5.48. The second-order valence-corrected chi connectivity index (χ2v) is 3.88. The second kappa shape index (κ2) is 5.24. The molecule has 1 atom stereocenters. The Labute approximate surface area is 104 Å². The van der Waals surface area contributed by atoms with Crippen LogP contribution in [0.15, 0.2) is 22.7 Å². The molecule has 18 heavy (non-hydrogen) atoms. The molecular formula is C12H14FN3O2. The summed E-state index contributed by atoms with van der Waals surface area (Å²) in [5, 5.41) is 3.82. The third-order valence-corrected chi connectivity index (χ3v) is 2.66. The molecule has 0 bridgehead atoms. The highest BCUT2D eigenvalue weighted by Gasteiger charge is 2.18. The van der Waals surface area contributed by atoms with Crippen molar-refractivity contribution in [3.8, 4) is 11.4 Å². The molecule has 0 spiro atoms. The van der Waals surface area contributed by atoms with E-state index in [9.17, 15) is 4.39 Å². The predicted octanol–water partition coefficient (Wildman–Crippen LogP) is 1.83. The van der Waals surface area contributed by atoms with Crippen molar-refractivity contribution in [2.45, 2.75) is 13.0 Å². The first kappa shape index (κ1) is 12.7. The lowest BCUT2D eigenvalue weighted by Gasteiger charge is -2.05. The first-order valence-corrected chi connectivity index (χ1v) is 5.48. The van der Waals surface area contributed by atoms with Gasteiger partial charge in [-0.1, -0.05) is 11.2 Å². The van der Waals surface area contributed by atoms with Crippen LogP contribution in [0.3, 0.4) is 0 Å². The van der Waals surface area contributed by atoms with Gasteiger partial charge >= 0.3 is 0 Å². The summed E-state index contributed by atoms with van der Waals surface area (Å²) in [6, 6.07) is 4.42. The topological polar surface area (TPSA) is 74.2 Å². The quantitative estimate of drug-likeness (QED) is 0.897. The van der Waals surface area contributed by atoms with Crippen LogP contribution in [0.2, 0.25) is 0 Å². The number of halogens is 1. The van der Waals surface area contributed by atoms with E-state index in [2.05, 4.69) is 10.1 Å². The summed E-state index contributed by atoms with van der Waals surface area (Å²) in [7, 11) is 1.51. The van der Waals surface area contributed by atoms with Crippen molar-refractivity contribution in [1.82, 2.24) is 10.1 Å². The maximum atomic E-state index is 13.2. The van der Waals surface area contributed by atoms with Crippen LogP contribution in [-0.4, -0.2) is 23.8 Å². The molecule has 0 saturated carbocycles. The number of nitrogens with zero attached hydrogens (tertiary/aromatic N) is 2. The number of nitrogens with two attached hydrogens (primary N) is 1. The highest BCUT2D eigenvalue weighted by Crippen LogP contribution is 2.23. The maximum absolute atomic E-state index is 13.2. The van der Waals surface area contributed by atoms with Gasteiger partial charge in [0.1, 0.15) is 11.9 Å². The maximum Gasteiger partial charge on any atom is 0.257 e. The van der Waals surface area contributed by atoms with Crippen molar-refractivity contribution < 1.29 is 13.7 Å².